The van der Waals surface area contributed by atoms with E-state index >= 15 is 0 Å². The molecule has 9 nitrogen and oxygen atoms in total. The average molecular weight is 486 g/mol. The van der Waals surface area contributed by atoms with Gasteiger partial charge in [-0.15, -0.1) is 11.3 Å². The fraction of sp³-hybridized carbons (Fsp3) is 0.120. The van der Waals surface area contributed by atoms with E-state index in [1.807, 2.05) is 23.6 Å². The third-order valence-electron chi connectivity index (χ3n) is 5.76. The number of nitrogens with zero attached hydrogens (tertiary/aromatic N) is 5. The standard InChI is InChI=1S/C25H19N5O4S/c31-29(32)19-14-12-18(13-15-19)24-16-35-25(26-22-9-3-4-11-23(22)30(33)34)28(24)27-21-10-5-7-17-6-1-2-8-20(17)21/h1-4,6,8-9,11-16H,5,7,10H2. The summed E-state index contributed by atoms with van der Waals surface area (Å²) < 4.78 is 1.68. The summed E-state index contributed by atoms with van der Waals surface area (Å²) in [5.74, 6) is 0. The third kappa shape index (κ3) is 4.51. The van der Waals surface area contributed by atoms with Gasteiger partial charge in [-0.05, 0) is 43.0 Å². The predicted octanol–water partition coefficient (Wildman–Crippen LogP) is 5.85. The normalized spacial score (nSPS) is 14.6. The fourth-order valence-electron chi connectivity index (χ4n) is 4.07. The zero-order valence-corrected chi connectivity index (χ0v) is 19.2. The minimum absolute atomic E-state index is 0.00660. The summed E-state index contributed by atoms with van der Waals surface area (Å²) in [6.07, 6.45) is 2.72. The van der Waals surface area contributed by atoms with Crippen LogP contribution >= 0.6 is 11.3 Å². The maximum atomic E-state index is 11.5. The maximum Gasteiger partial charge on any atom is 0.294 e. The Morgan fingerprint density at radius 1 is 0.857 bits per heavy atom. The minimum Gasteiger partial charge on any atom is -0.258 e. The number of fused-ring (bicyclic) bond motifs is 1. The summed E-state index contributed by atoms with van der Waals surface area (Å²) in [5, 5.41) is 29.4. The number of thiazole rings is 1. The fourth-order valence-corrected chi connectivity index (χ4v) is 4.91. The van der Waals surface area contributed by atoms with Crippen LogP contribution in [-0.2, 0) is 6.42 Å². The summed E-state index contributed by atoms with van der Waals surface area (Å²) >= 11 is 1.30. The number of benzene rings is 3. The molecule has 0 fully saturated rings. The molecule has 1 heterocycles. The number of nitro benzene ring substituents is 2. The van der Waals surface area contributed by atoms with Crippen LogP contribution < -0.4 is 4.80 Å². The molecule has 1 aliphatic carbocycles. The van der Waals surface area contributed by atoms with Gasteiger partial charge in [-0.2, -0.15) is 5.10 Å². The molecule has 1 aliphatic rings. The van der Waals surface area contributed by atoms with Gasteiger partial charge in [0.15, 0.2) is 0 Å². The summed E-state index contributed by atoms with van der Waals surface area (Å²) in [6.45, 7) is 0. The molecule has 0 aliphatic heterocycles. The van der Waals surface area contributed by atoms with Gasteiger partial charge in [0, 0.05) is 34.7 Å². The second-order valence-electron chi connectivity index (χ2n) is 7.93. The van der Waals surface area contributed by atoms with E-state index in [1.165, 1.54) is 35.1 Å². The van der Waals surface area contributed by atoms with Crippen LogP contribution in [0, 0.1) is 20.2 Å². The highest BCUT2D eigenvalue weighted by molar-refractivity contribution is 7.07. The predicted molar refractivity (Wildman–Crippen MR) is 134 cm³/mol. The molecule has 5 rings (SSSR count). The summed E-state index contributed by atoms with van der Waals surface area (Å²) in [7, 11) is 0. The summed E-state index contributed by atoms with van der Waals surface area (Å²) in [4.78, 5) is 26.8. The number of hydrogen-bond acceptors (Lipinski definition) is 7. The van der Waals surface area contributed by atoms with E-state index in [1.54, 1.807) is 35.0 Å². The highest BCUT2D eigenvalue weighted by Crippen LogP contribution is 2.28. The number of non-ortho nitro benzene ring substituents is 1. The molecule has 35 heavy (non-hydrogen) atoms. The smallest absolute Gasteiger partial charge is 0.258 e. The molecule has 4 aromatic rings. The van der Waals surface area contributed by atoms with Crippen LogP contribution in [0.15, 0.2) is 88.3 Å². The van der Waals surface area contributed by atoms with Gasteiger partial charge in [-0.25, -0.2) is 9.67 Å². The molecule has 0 radical (unpaired) electrons. The van der Waals surface area contributed by atoms with Crippen LogP contribution in [0.25, 0.3) is 11.3 Å². The molecule has 0 amide bonds. The first-order valence-corrected chi connectivity index (χ1v) is 11.8. The second kappa shape index (κ2) is 9.43. The third-order valence-corrected chi connectivity index (χ3v) is 6.58. The number of aromatic nitrogens is 1. The van der Waals surface area contributed by atoms with Gasteiger partial charge in [-0.3, -0.25) is 20.2 Å². The Morgan fingerprint density at radius 2 is 1.60 bits per heavy atom. The van der Waals surface area contributed by atoms with E-state index in [4.69, 9.17) is 5.10 Å². The number of nitro groups is 2. The van der Waals surface area contributed by atoms with Gasteiger partial charge in [0.25, 0.3) is 11.4 Å². The molecule has 174 valence electrons. The first kappa shape index (κ1) is 22.4. The zero-order chi connectivity index (χ0) is 24.4. The summed E-state index contributed by atoms with van der Waals surface area (Å²) in [5.41, 5.74) is 4.74. The van der Waals surface area contributed by atoms with Crippen molar-refractivity contribution in [1.29, 1.82) is 0 Å². The van der Waals surface area contributed by atoms with Crippen molar-refractivity contribution in [2.45, 2.75) is 19.3 Å². The molecule has 1 aromatic heterocycles. The average Bonchev–Trinajstić information content (AvgIpc) is 3.26. The molecule has 0 N–H and O–H groups in total. The Morgan fingerprint density at radius 3 is 2.37 bits per heavy atom. The van der Waals surface area contributed by atoms with Crippen LogP contribution in [0.1, 0.15) is 24.0 Å². The van der Waals surface area contributed by atoms with Crippen molar-refractivity contribution >= 4 is 34.1 Å². The highest BCUT2D eigenvalue weighted by atomic mass is 32.1. The number of hydrogen-bond donors (Lipinski definition) is 0. The van der Waals surface area contributed by atoms with Crippen molar-refractivity contribution in [1.82, 2.24) is 4.68 Å². The monoisotopic (exact) mass is 485 g/mol. The van der Waals surface area contributed by atoms with Crippen molar-refractivity contribution in [3.63, 3.8) is 0 Å². The molecular weight excluding hydrogens is 466 g/mol. The van der Waals surface area contributed by atoms with Gasteiger partial charge in [0.1, 0.15) is 5.69 Å². The van der Waals surface area contributed by atoms with Crippen LogP contribution in [0.3, 0.4) is 0 Å². The lowest BCUT2D eigenvalue weighted by Crippen LogP contribution is -2.18. The Hall–Kier alpha value is -4.44. The molecule has 0 unspecified atom stereocenters. The molecule has 3 aromatic carbocycles. The topological polar surface area (TPSA) is 116 Å². The van der Waals surface area contributed by atoms with Crippen molar-refractivity contribution in [3.05, 3.63) is 114 Å². The minimum atomic E-state index is -0.461. The Labute approximate surface area is 203 Å². The van der Waals surface area contributed by atoms with Gasteiger partial charge in [-0.1, -0.05) is 36.4 Å². The SMILES string of the molecule is O=[N+]([O-])c1ccc(-c2csc(=Nc3ccccc3[N+](=O)[O-])n2N=C2CCCc3ccccc32)cc1. The molecule has 0 saturated heterocycles. The van der Waals surface area contributed by atoms with Gasteiger partial charge < -0.3 is 0 Å². The molecule has 0 bridgehead atoms. The number of aryl methyl sites for hydroxylation is 1. The lowest BCUT2D eigenvalue weighted by atomic mass is 9.90. The Bertz CT molecular complexity index is 1540. The van der Waals surface area contributed by atoms with Crippen LogP contribution in [0.2, 0.25) is 0 Å². The lowest BCUT2D eigenvalue weighted by molar-refractivity contribution is -0.384. The maximum absolute atomic E-state index is 11.5. The number of para-hydroxylation sites is 2. The highest BCUT2D eigenvalue weighted by Gasteiger charge is 2.18. The van der Waals surface area contributed by atoms with E-state index in [0.717, 1.165) is 36.1 Å². The second-order valence-corrected chi connectivity index (χ2v) is 8.77. The molecular formula is C25H19N5O4S. The number of rotatable bonds is 5. The van der Waals surface area contributed by atoms with Crippen LogP contribution in [0.5, 0.6) is 0 Å². The molecule has 0 atom stereocenters. The Kier molecular flexibility index (Phi) is 6.02. The van der Waals surface area contributed by atoms with E-state index in [2.05, 4.69) is 11.1 Å². The molecule has 0 spiro atoms. The first-order valence-electron chi connectivity index (χ1n) is 10.9. The quantitative estimate of drug-likeness (QED) is 0.260. The van der Waals surface area contributed by atoms with Gasteiger partial charge >= 0.3 is 0 Å². The van der Waals surface area contributed by atoms with Crippen molar-refractivity contribution in [2.24, 2.45) is 10.1 Å². The van der Waals surface area contributed by atoms with E-state index in [-0.39, 0.29) is 17.1 Å². The van der Waals surface area contributed by atoms with Crippen molar-refractivity contribution in [2.75, 3.05) is 0 Å². The van der Waals surface area contributed by atoms with Crippen LogP contribution in [0.4, 0.5) is 17.1 Å². The Balaban J connectivity index is 1.72. The van der Waals surface area contributed by atoms with E-state index in [0.29, 0.717) is 10.5 Å². The van der Waals surface area contributed by atoms with E-state index < -0.39 is 9.85 Å². The van der Waals surface area contributed by atoms with E-state index in [9.17, 15) is 20.2 Å². The zero-order valence-electron chi connectivity index (χ0n) is 18.4. The molecule has 0 saturated carbocycles. The van der Waals surface area contributed by atoms with Gasteiger partial charge in [0.2, 0.25) is 4.80 Å². The van der Waals surface area contributed by atoms with Crippen molar-refractivity contribution in [3.8, 4) is 11.3 Å². The first-order chi connectivity index (χ1) is 17.0. The molecule has 10 heteroatoms. The van der Waals surface area contributed by atoms with Crippen molar-refractivity contribution < 1.29 is 9.85 Å². The largest absolute Gasteiger partial charge is 0.294 e. The van der Waals surface area contributed by atoms with Gasteiger partial charge in [0.05, 0.1) is 21.3 Å². The lowest BCUT2D eigenvalue weighted by Gasteiger charge is -2.18. The van der Waals surface area contributed by atoms with Crippen LogP contribution in [-0.4, -0.2) is 20.2 Å². The summed E-state index contributed by atoms with van der Waals surface area (Å²) in [6, 6.07) is 20.7.